The Morgan fingerprint density at radius 1 is 1.00 bits per heavy atom. The van der Waals surface area contributed by atoms with E-state index in [1.54, 1.807) is 0 Å². The molecule has 2 aliphatic carbocycles. The van der Waals surface area contributed by atoms with Crippen molar-refractivity contribution in [2.75, 3.05) is 6.54 Å². The normalized spacial score (nSPS) is 16.3. The van der Waals surface area contributed by atoms with E-state index in [1.807, 2.05) is 23.1 Å². The van der Waals surface area contributed by atoms with Gasteiger partial charge in [-0.15, -0.1) is 5.10 Å². The topological polar surface area (TPSA) is 121 Å². The molecule has 0 aliphatic heterocycles. The standard InChI is InChI=1S/C30H31N5O4/c36-27(16-20-7-8-20)35(19-30(39-29(37)38)13-3-4-14-30)18-21-9-10-23-17-24(12-11-22(23)15-21)25-5-1-2-6-26(25)28-31-33-34-32-28/h1-2,5-6,9-12,15,17,20H,3-4,7-8,13-14,16,18-19H2,(H,37,38)(H,31,32,33,34). The molecule has 0 spiro atoms. The number of carbonyl (C=O) groups is 2. The van der Waals surface area contributed by atoms with Crippen molar-refractivity contribution in [3.63, 3.8) is 0 Å². The number of nitrogens with one attached hydrogen (secondary N) is 1. The third-order valence-electron chi connectivity index (χ3n) is 7.93. The van der Waals surface area contributed by atoms with Gasteiger partial charge in [-0.1, -0.05) is 48.5 Å². The van der Waals surface area contributed by atoms with Gasteiger partial charge in [-0.2, -0.15) is 0 Å². The fourth-order valence-electron chi connectivity index (χ4n) is 5.77. The lowest BCUT2D eigenvalue weighted by molar-refractivity contribution is -0.136. The Hall–Kier alpha value is -4.27. The predicted molar refractivity (Wildman–Crippen MR) is 146 cm³/mol. The van der Waals surface area contributed by atoms with Gasteiger partial charge in [0, 0.05) is 18.5 Å². The number of carbonyl (C=O) groups excluding carboxylic acids is 1. The molecule has 2 N–H and O–H groups in total. The number of hydrogen-bond acceptors (Lipinski definition) is 6. The fraction of sp³-hybridized carbons (Fsp3) is 0.367. The zero-order valence-corrected chi connectivity index (χ0v) is 21.7. The van der Waals surface area contributed by atoms with E-state index in [0.29, 0.717) is 44.1 Å². The van der Waals surface area contributed by atoms with Gasteiger partial charge < -0.3 is 14.7 Å². The second kappa shape index (κ2) is 10.5. The van der Waals surface area contributed by atoms with Gasteiger partial charge in [-0.25, -0.2) is 9.89 Å². The van der Waals surface area contributed by atoms with Gasteiger partial charge in [0.2, 0.25) is 5.91 Å². The molecule has 9 nitrogen and oxygen atoms in total. The number of fused-ring (bicyclic) bond motifs is 1. The first kappa shape index (κ1) is 25.0. The van der Waals surface area contributed by atoms with Gasteiger partial charge in [-0.3, -0.25) is 4.79 Å². The number of aromatic amines is 1. The van der Waals surface area contributed by atoms with Crippen molar-refractivity contribution in [3.8, 4) is 22.5 Å². The number of hydrogen-bond donors (Lipinski definition) is 2. The molecule has 0 atom stereocenters. The van der Waals surface area contributed by atoms with Gasteiger partial charge in [0.25, 0.3) is 0 Å². The van der Waals surface area contributed by atoms with Crippen LogP contribution < -0.4 is 0 Å². The number of ether oxygens (including phenoxy) is 1. The molecule has 0 bridgehead atoms. The van der Waals surface area contributed by atoms with Crippen molar-refractivity contribution in [1.29, 1.82) is 0 Å². The molecule has 0 saturated heterocycles. The maximum atomic E-state index is 13.3. The number of amides is 1. The van der Waals surface area contributed by atoms with E-state index in [4.69, 9.17) is 4.74 Å². The van der Waals surface area contributed by atoms with Crippen LogP contribution in [0.4, 0.5) is 4.79 Å². The van der Waals surface area contributed by atoms with Crippen LogP contribution in [0.2, 0.25) is 0 Å². The number of carboxylic acid groups (broad SMARTS) is 1. The number of nitrogens with zero attached hydrogens (tertiary/aromatic N) is 4. The van der Waals surface area contributed by atoms with Gasteiger partial charge in [0.05, 0.1) is 6.54 Å². The first-order valence-corrected chi connectivity index (χ1v) is 13.5. The van der Waals surface area contributed by atoms with Crippen LogP contribution in [0, 0.1) is 5.92 Å². The summed E-state index contributed by atoms with van der Waals surface area (Å²) in [5.74, 6) is 1.14. The number of H-pyrrole nitrogens is 1. The average molecular weight is 526 g/mol. The minimum Gasteiger partial charge on any atom is -0.450 e. The summed E-state index contributed by atoms with van der Waals surface area (Å²) in [6, 6.07) is 20.6. The number of tetrazole rings is 1. The highest BCUT2D eigenvalue weighted by molar-refractivity contribution is 5.90. The number of rotatable bonds is 9. The molecule has 4 aromatic rings. The molecule has 0 radical (unpaired) electrons. The van der Waals surface area contributed by atoms with Crippen molar-refractivity contribution >= 4 is 22.8 Å². The van der Waals surface area contributed by atoms with Crippen molar-refractivity contribution in [2.45, 2.75) is 57.1 Å². The molecule has 2 aliphatic rings. The van der Waals surface area contributed by atoms with Crippen LogP contribution in [-0.4, -0.2) is 54.8 Å². The SMILES string of the molecule is O=C(O)OC1(CN(Cc2ccc3cc(-c4ccccc4-c4nnn[nH]4)ccc3c2)C(=O)CC2CC2)CCCC1. The van der Waals surface area contributed by atoms with Crippen molar-refractivity contribution in [2.24, 2.45) is 5.92 Å². The molecule has 1 aromatic heterocycles. The van der Waals surface area contributed by atoms with E-state index < -0.39 is 11.8 Å². The molecule has 0 unspecified atom stereocenters. The maximum absolute atomic E-state index is 13.3. The van der Waals surface area contributed by atoms with Crippen LogP contribution in [0.15, 0.2) is 60.7 Å². The summed E-state index contributed by atoms with van der Waals surface area (Å²) in [6.45, 7) is 0.727. The summed E-state index contributed by atoms with van der Waals surface area (Å²) < 4.78 is 5.41. The minimum atomic E-state index is -1.27. The molecule has 2 fully saturated rings. The Bertz CT molecular complexity index is 1490. The summed E-state index contributed by atoms with van der Waals surface area (Å²) >= 11 is 0. The van der Waals surface area contributed by atoms with Gasteiger partial charge in [0.1, 0.15) is 5.60 Å². The zero-order chi connectivity index (χ0) is 26.8. The lowest BCUT2D eigenvalue weighted by Crippen LogP contribution is -2.46. The van der Waals surface area contributed by atoms with Gasteiger partial charge in [-0.05, 0) is 94.5 Å². The van der Waals surface area contributed by atoms with Gasteiger partial charge >= 0.3 is 6.16 Å². The molecular weight excluding hydrogens is 494 g/mol. The second-order valence-corrected chi connectivity index (χ2v) is 10.8. The van der Waals surface area contributed by atoms with Crippen LogP contribution in [0.1, 0.15) is 50.5 Å². The molecule has 3 aromatic carbocycles. The maximum Gasteiger partial charge on any atom is 0.506 e. The molecule has 2 saturated carbocycles. The highest BCUT2D eigenvalue weighted by Crippen LogP contribution is 2.37. The summed E-state index contributed by atoms with van der Waals surface area (Å²) in [5, 5.41) is 25.9. The lowest BCUT2D eigenvalue weighted by atomic mass is 9.96. The van der Waals surface area contributed by atoms with Crippen molar-refractivity contribution in [3.05, 3.63) is 66.2 Å². The smallest absolute Gasteiger partial charge is 0.450 e. The third kappa shape index (κ3) is 5.62. The van der Waals surface area contributed by atoms with Crippen LogP contribution in [0.25, 0.3) is 33.3 Å². The van der Waals surface area contributed by atoms with E-state index in [2.05, 4.69) is 63.1 Å². The molecule has 1 heterocycles. The summed E-state index contributed by atoms with van der Waals surface area (Å²) in [5.41, 5.74) is 3.20. The third-order valence-corrected chi connectivity index (χ3v) is 7.93. The fourth-order valence-corrected chi connectivity index (χ4v) is 5.77. The molecular formula is C30H31N5O4. The van der Waals surface area contributed by atoms with E-state index in [-0.39, 0.29) is 5.91 Å². The van der Waals surface area contributed by atoms with E-state index in [0.717, 1.165) is 58.7 Å². The lowest BCUT2D eigenvalue weighted by Gasteiger charge is -2.34. The molecule has 1 amide bonds. The highest BCUT2D eigenvalue weighted by atomic mass is 16.7. The van der Waals surface area contributed by atoms with E-state index in [9.17, 15) is 14.7 Å². The van der Waals surface area contributed by atoms with Crippen LogP contribution in [-0.2, 0) is 16.1 Å². The van der Waals surface area contributed by atoms with Crippen LogP contribution >= 0.6 is 0 Å². The van der Waals surface area contributed by atoms with E-state index >= 15 is 0 Å². The summed E-state index contributed by atoms with van der Waals surface area (Å²) in [6.07, 6.45) is 4.54. The van der Waals surface area contributed by atoms with Crippen molar-refractivity contribution in [1.82, 2.24) is 25.5 Å². The Morgan fingerprint density at radius 2 is 1.74 bits per heavy atom. The Kier molecular flexibility index (Phi) is 6.72. The molecule has 39 heavy (non-hydrogen) atoms. The van der Waals surface area contributed by atoms with E-state index in [1.165, 1.54) is 0 Å². The number of benzene rings is 3. The number of aromatic nitrogens is 4. The monoisotopic (exact) mass is 525 g/mol. The minimum absolute atomic E-state index is 0.0757. The predicted octanol–water partition coefficient (Wildman–Crippen LogP) is 5.82. The largest absolute Gasteiger partial charge is 0.506 e. The summed E-state index contributed by atoms with van der Waals surface area (Å²) in [7, 11) is 0. The Morgan fingerprint density at radius 3 is 2.46 bits per heavy atom. The average Bonchev–Trinajstić information content (AvgIpc) is 3.37. The molecule has 6 rings (SSSR count). The first-order valence-electron chi connectivity index (χ1n) is 13.5. The quantitative estimate of drug-likeness (QED) is 0.264. The molecule has 9 heteroatoms. The van der Waals surface area contributed by atoms with Crippen LogP contribution in [0.5, 0.6) is 0 Å². The zero-order valence-electron chi connectivity index (χ0n) is 21.7. The molecule has 200 valence electrons. The highest BCUT2D eigenvalue weighted by Gasteiger charge is 2.41. The Labute approximate surface area is 226 Å². The first-order chi connectivity index (χ1) is 19.0. The van der Waals surface area contributed by atoms with Crippen molar-refractivity contribution < 1.29 is 19.4 Å². The van der Waals surface area contributed by atoms with Gasteiger partial charge in [0.15, 0.2) is 5.82 Å². The Balaban J connectivity index is 1.27. The van der Waals surface area contributed by atoms with Crippen LogP contribution in [0.3, 0.4) is 0 Å². The second-order valence-electron chi connectivity index (χ2n) is 10.8. The summed E-state index contributed by atoms with van der Waals surface area (Å²) in [4.78, 5) is 26.6.